The summed E-state index contributed by atoms with van der Waals surface area (Å²) in [7, 11) is 0. The monoisotopic (exact) mass is 289 g/mol. The van der Waals surface area contributed by atoms with Crippen LogP contribution in [-0.4, -0.2) is 22.1 Å². The van der Waals surface area contributed by atoms with E-state index < -0.39 is 23.7 Å². The third kappa shape index (κ3) is 3.36. The summed E-state index contributed by atoms with van der Waals surface area (Å²) in [5, 5.41) is 20.5. The molecule has 0 unspecified atom stereocenters. The molecule has 1 atom stereocenters. The van der Waals surface area contributed by atoms with Crippen molar-refractivity contribution < 1.29 is 24.2 Å². The number of nitrogens with one attached hydrogen (secondary N) is 1. The van der Waals surface area contributed by atoms with E-state index in [0.717, 1.165) is 18.2 Å². The van der Waals surface area contributed by atoms with Gasteiger partial charge in [-0.2, -0.15) is 0 Å². The van der Waals surface area contributed by atoms with E-state index in [2.05, 4.69) is 5.32 Å². The van der Waals surface area contributed by atoms with E-state index in [-0.39, 0.29) is 11.3 Å². The van der Waals surface area contributed by atoms with Gasteiger partial charge < -0.3 is 15.5 Å². The van der Waals surface area contributed by atoms with Crippen molar-refractivity contribution in [3.8, 4) is 5.75 Å². The molecule has 0 heterocycles. The lowest BCUT2D eigenvalue weighted by Gasteiger charge is -2.15. The van der Waals surface area contributed by atoms with Crippen LogP contribution in [0.15, 0.2) is 48.5 Å². The number of halogens is 1. The van der Waals surface area contributed by atoms with Crippen LogP contribution in [0.3, 0.4) is 0 Å². The molecular formula is C15H12FNO4. The molecule has 2 aromatic carbocycles. The number of carboxylic acids is 1. The van der Waals surface area contributed by atoms with Gasteiger partial charge in [-0.15, -0.1) is 0 Å². The fourth-order valence-electron chi connectivity index (χ4n) is 1.83. The highest BCUT2D eigenvalue weighted by atomic mass is 19.1. The van der Waals surface area contributed by atoms with Gasteiger partial charge in [-0.1, -0.05) is 30.3 Å². The van der Waals surface area contributed by atoms with Gasteiger partial charge in [0.1, 0.15) is 11.6 Å². The molecule has 0 spiro atoms. The number of carboxylic acid groups (broad SMARTS) is 1. The predicted octanol–water partition coefficient (Wildman–Crippen LogP) is 2.09. The Morgan fingerprint density at radius 3 is 2.33 bits per heavy atom. The van der Waals surface area contributed by atoms with E-state index in [0.29, 0.717) is 5.56 Å². The zero-order valence-corrected chi connectivity index (χ0v) is 10.8. The summed E-state index contributed by atoms with van der Waals surface area (Å²) in [4.78, 5) is 23.2. The molecule has 3 N–H and O–H groups in total. The van der Waals surface area contributed by atoms with Crippen molar-refractivity contribution in [2.45, 2.75) is 6.04 Å². The first-order valence-corrected chi connectivity index (χ1v) is 6.06. The van der Waals surface area contributed by atoms with Crippen LogP contribution >= 0.6 is 0 Å². The lowest BCUT2D eigenvalue weighted by atomic mass is 10.1. The molecule has 2 aromatic rings. The third-order valence-corrected chi connectivity index (χ3v) is 2.85. The maximum Gasteiger partial charge on any atom is 0.330 e. The van der Waals surface area contributed by atoms with Gasteiger partial charge >= 0.3 is 5.97 Å². The second kappa shape index (κ2) is 6.04. The van der Waals surface area contributed by atoms with Crippen LogP contribution in [0, 0.1) is 5.82 Å². The van der Waals surface area contributed by atoms with Crippen LogP contribution in [0.1, 0.15) is 22.0 Å². The second-order valence-electron chi connectivity index (χ2n) is 4.32. The fourth-order valence-corrected chi connectivity index (χ4v) is 1.83. The minimum Gasteiger partial charge on any atom is -0.508 e. The highest BCUT2D eigenvalue weighted by molar-refractivity contribution is 5.97. The number of carbonyl (C=O) groups is 2. The Labute approximate surface area is 119 Å². The smallest absolute Gasteiger partial charge is 0.330 e. The van der Waals surface area contributed by atoms with Gasteiger partial charge in [-0.05, 0) is 17.7 Å². The zero-order valence-electron chi connectivity index (χ0n) is 10.8. The highest BCUT2D eigenvalue weighted by Gasteiger charge is 2.23. The van der Waals surface area contributed by atoms with E-state index in [1.165, 1.54) is 0 Å². The van der Waals surface area contributed by atoms with Crippen molar-refractivity contribution >= 4 is 11.9 Å². The Morgan fingerprint density at radius 2 is 1.76 bits per heavy atom. The number of phenols is 1. The molecule has 0 bridgehead atoms. The molecule has 5 nitrogen and oxygen atoms in total. The zero-order chi connectivity index (χ0) is 15.4. The molecule has 21 heavy (non-hydrogen) atoms. The summed E-state index contributed by atoms with van der Waals surface area (Å²) in [6.45, 7) is 0. The Hall–Kier alpha value is -2.89. The molecule has 0 aliphatic rings. The van der Waals surface area contributed by atoms with Gasteiger partial charge in [0.15, 0.2) is 6.04 Å². The summed E-state index contributed by atoms with van der Waals surface area (Å²) in [6, 6.07) is 9.82. The summed E-state index contributed by atoms with van der Waals surface area (Å²) >= 11 is 0. The van der Waals surface area contributed by atoms with Crippen LogP contribution in [-0.2, 0) is 4.79 Å². The number of carbonyl (C=O) groups excluding carboxylic acids is 1. The summed E-state index contributed by atoms with van der Waals surface area (Å²) in [5.41, 5.74) is 0.0347. The number of hydrogen-bond acceptors (Lipinski definition) is 3. The second-order valence-corrected chi connectivity index (χ2v) is 4.32. The molecule has 2 rings (SSSR count). The van der Waals surface area contributed by atoms with Crippen molar-refractivity contribution in [3.05, 3.63) is 65.5 Å². The largest absolute Gasteiger partial charge is 0.508 e. The quantitative estimate of drug-likeness (QED) is 0.804. The molecule has 1 amide bonds. The van der Waals surface area contributed by atoms with Gasteiger partial charge in [0.05, 0.1) is 5.56 Å². The molecule has 0 aromatic heterocycles. The van der Waals surface area contributed by atoms with Crippen LogP contribution in [0.5, 0.6) is 5.75 Å². The van der Waals surface area contributed by atoms with E-state index in [1.54, 1.807) is 30.3 Å². The minimum atomic E-state index is -1.29. The van der Waals surface area contributed by atoms with Gasteiger partial charge in [0.2, 0.25) is 0 Å². The lowest BCUT2D eigenvalue weighted by molar-refractivity contribution is -0.139. The molecule has 108 valence electrons. The SMILES string of the molecule is O=C(N[C@H](C(=O)O)c1ccccc1)c1ccc(O)cc1F. The molecule has 6 heteroatoms. The summed E-state index contributed by atoms with van der Waals surface area (Å²) in [6.07, 6.45) is 0. The van der Waals surface area contributed by atoms with Crippen molar-refractivity contribution in [2.75, 3.05) is 0 Å². The Balaban J connectivity index is 2.25. The summed E-state index contributed by atoms with van der Waals surface area (Å²) in [5.74, 6) is -3.37. The molecular weight excluding hydrogens is 277 g/mol. The predicted molar refractivity (Wildman–Crippen MR) is 72.3 cm³/mol. The Morgan fingerprint density at radius 1 is 1.10 bits per heavy atom. The minimum absolute atomic E-state index is 0.318. The molecule has 0 fully saturated rings. The number of hydrogen-bond donors (Lipinski definition) is 3. The van der Waals surface area contributed by atoms with E-state index >= 15 is 0 Å². The van der Waals surface area contributed by atoms with E-state index in [4.69, 9.17) is 5.11 Å². The fraction of sp³-hybridized carbons (Fsp3) is 0.0667. The van der Waals surface area contributed by atoms with Gasteiger partial charge in [0.25, 0.3) is 5.91 Å². The van der Waals surface area contributed by atoms with Gasteiger partial charge in [0, 0.05) is 6.07 Å². The molecule has 0 aliphatic heterocycles. The number of rotatable bonds is 4. The number of aromatic hydroxyl groups is 1. The highest BCUT2D eigenvalue weighted by Crippen LogP contribution is 2.17. The van der Waals surface area contributed by atoms with Crippen LogP contribution in [0.4, 0.5) is 4.39 Å². The number of benzene rings is 2. The maximum absolute atomic E-state index is 13.6. The van der Waals surface area contributed by atoms with Crippen molar-refractivity contribution in [2.24, 2.45) is 0 Å². The van der Waals surface area contributed by atoms with E-state index in [9.17, 15) is 19.1 Å². The third-order valence-electron chi connectivity index (χ3n) is 2.85. The van der Waals surface area contributed by atoms with Gasteiger partial charge in [-0.25, -0.2) is 9.18 Å². The Kier molecular flexibility index (Phi) is 4.18. The molecule has 0 radical (unpaired) electrons. The van der Waals surface area contributed by atoms with Gasteiger partial charge in [-0.3, -0.25) is 4.79 Å². The first kappa shape index (κ1) is 14.5. The summed E-state index contributed by atoms with van der Waals surface area (Å²) < 4.78 is 13.6. The van der Waals surface area contributed by atoms with E-state index in [1.807, 2.05) is 0 Å². The lowest BCUT2D eigenvalue weighted by Crippen LogP contribution is -2.34. The Bertz CT molecular complexity index is 673. The average molecular weight is 289 g/mol. The molecule has 0 saturated heterocycles. The van der Waals surface area contributed by atoms with Crippen molar-refractivity contribution in [1.29, 1.82) is 0 Å². The van der Waals surface area contributed by atoms with Crippen LogP contribution < -0.4 is 5.32 Å². The number of phenolic OH excluding ortho intramolecular Hbond substituents is 1. The first-order valence-electron chi connectivity index (χ1n) is 6.06. The van der Waals surface area contributed by atoms with Crippen LogP contribution in [0.2, 0.25) is 0 Å². The number of amides is 1. The molecule has 0 aliphatic carbocycles. The average Bonchev–Trinajstić information content (AvgIpc) is 2.45. The maximum atomic E-state index is 13.6. The topological polar surface area (TPSA) is 86.6 Å². The normalized spacial score (nSPS) is 11.7. The van der Waals surface area contributed by atoms with Crippen molar-refractivity contribution in [1.82, 2.24) is 5.32 Å². The first-order chi connectivity index (χ1) is 9.99. The van der Waals surface area contributed by atoms with Crippen LogP contribution in [0.25, 0.3) is 0 Å². The van der Waals surface area contributed by atoms with Crippen molar-refractivity contribution in [3.63, 3.8) is 0 Å². The molecule has 0 saturated carbocycles. The number of aliphatic carboxylic acids is 1. The standard InChI is InChI=1S/C15H12FNO4/c16-12-8-10(18)6-7-11(12)14(19)17-13(15(20)21)9-4-2-1-3-5-9/h1-8,13,18H,(H,17,19)(H,20,21)/t13-/m0/s1.